The molecule has 0 saturated heterocycles. The van der Waals surface area contributed by atoms with E-state index in [0.717, 1.165) is 0 Å². The molecule has 0 atom stereocenters. The number of hydrogen-bond donors (Lipinski definition) is 1. The Labute approximate surface area is 138 Å². The minimum atomic E-state index is -0.452. The Morgan fingerprint density at radius 3 is 2.46 bits per heavy atom. The second-order valence-electron chi connectivity index (χ2n) is 5.11. The van der Waals surface area contributed by atoms with Gasteiger partial charge >= 0.3 is 5.97 Å². The van der Waals surface area contributed by atoms with Crippen molar-refractivity contribution in [3.8, 4) is 5.75 Å². The molecule has 24 heavy (non-hydrogen) atoms. The molecule has 2 aromatic rings. The Morgan fingerprint density at radius 1 is 1.17 bits per heavy atom. The molecule has 7 nitrogen and oxygen atoms in total. The van der Waals surface area contributed by atoms with E-state index in [9.17, 15) is 14.4 Å². The zero-order chi connectivity index (χ0) is 17.7. The van der Waals surface area contributed by atoms with Crippen molar-refractivity contribution in [2.75, 3.05) is 19.0 Å². The lowest BCUT2D eigenvalue weighted by Gasteiger charge is -2.11. The topological polar surface area (TPSA) is 86.6 Å². The van der Waals surface area contributed by atoms with Gasteiger partial charge in [-0.25, -0.2) is 4.79 Å². The number of pyridine rings is 1. The van der Waals surface area contributed by atoms with Gasteiger partial charge in [0.1, 0.15) is 0 Å². The molecule has 0 aliphatic heterocycles. The average Bonchev–Trinajstić information content (AvgIpc) is 2.58. The van der Waals surface area contributed by atoms with E-state index in [1.54, 1.807) is 49.0 Å². The molecule has 1 heterocycles. The van der Waals surface area contributed by atoms with Crippen LogP contribution in [0.3, 0.4) is 0 Å². The standard InChI is InChI=1S/C17H18N2O5/c1-11-16(14(20)8-9-19(11)2)24-10-15(21)18-13-6-4-12(5-7-13)17(22)23-3/h4-9H,10H2,1-3H3,(H,18,21). The normalized spacial score (nSPS) is 10.1. The lowest BCUT2D eigenvalue weighted by molar-refractivity contribution is -0.118. The first kappa shape index (κ1) is 17.3. The van der Waals surface area contributed by atoms with E-state index in [1.165, 1.54) is 13.2 Å². The summed E-state index contributed by atoms with van der Waals surface area (Å²) in [5, 5.41) is 2.62. The molecule has 126 valence electrons. The van der Waals surface area contributed by atoms with Crippen LogP contribution in [0.25, 0.3) is 0 Å². The van der Waals surface area contributed by atoms with Gasteiger partial charge in [-0.3, -0.25) is 9.59 Å². The quantitative estimate of drug-likeness (QED) is 0.840. The second kappa shape index (κ2) is 7.45. The van der Waals surface area contributed by atoms with Crippen molar-refractivity contribution in [2.45, 2.75) is 6.92 Å². The number of carbonyl (C=O) groups excluding carboxylic acids is 2. The molecule has 0 radical (unpaired) electrons. The highest BCUT2D eigenvalue weighted by Gasteiger charge is 2.10. The highest BCUT2D eigenvalue weighted by molar-refractivity contribution is 5.93. The number of aromatic nitrogens is 1. The van der Waals surface area contributed by atoms with Crippen LogP contribution in [0.4, 0.5) is 5.69 Å². The summed E-state index contributed by atoms with van der Waals surface area (Å²) < 4.78 is 11.7. The SMILES string of the molecule is COC(=O)c1ccc(NC(=O)COc2c(C)n(C)ccc2=O)cc1. The molecule has 0 bridgehead atoms. The molecule has 1 amide bonds. The number of anilines is 1. The van der Waals surface area contributed by atoms with Gasteiger partial charge in [0.2, 0.25) is 5.43 Å². The summed E-state index contributed by atoms with van der Waals surface area (Å²) in [6, 6.07) is 7.62. The number of ether oxygens (including phenoxy) is 2. The number of rotatable bonds is 5. The Balaban J connectivity index is 1.98. The molecule has 0 spiro atoms. The van der Waals surface area contributed by atoms with E-state index in [-0.39, 0.29) is 17.8 Å². The molecule has 1 aromatic carbocycles. The van der Waals surface area contributed by atoms with Gasteiger partial charge in [-0.1, -0.05) is 0 Å². The first-order chi connectivity index (χ1) is 11.4. The third-order valence-electron chi connectivity index (χ3n) is 3.47. The summed E-state index contributed by atoms with van der Waals surface area (Å²) in [5.41, 5.74) is 1.25. The minimum Gasteiger partial charge on any atom is -0.478 e. The molecule has 0 saturated carbocycles. The van der Waals surface area contributed by atoms with Crippen LogP contribution in [0.15, 0.2) is 41.3 Å². The molecule has 2 rings (SSSR count). The van der Waals surface area contributed by atoms with Gasteiger partial charge in [0.25, 0.3) is 5.91 Å². The summed E-state index contributed by atoms with van der Waals surface area (Å²) in [4.78, 5) is 35.0. The molecular formula is C17H18N2O5. The maximum Gasteiger partial charge on any atom is 0.337 e. The van der Waals surface area contributed by atoms with E-state index in [0.29, 0.717) is 16.9 Å². The monoisotopic (exact) mass is 330 g/mol. The van der Waals surface area contributed by atoms with Gasteiger partial charge in [-0.15, -0.1) is 0 Å². The number of methoxy groups -OCH3 is 1. The van der Waals surface area contributed by atoms with Crippen LogP contribution in [0, 0.1) is 6.92 Å². The van der Waals surface area contributed by atoms with Gasteiger partial charge in [-0.05, 0) is 31.2 Å². The summed E-state index contributed by atoms with van der Waals surface area (Å²) in [5.74, 6) is -0.714. The van der Waals surface area contributed by atoms with E-state index in [2.05, 4.69) is 10.1 Å². The first-order valence-electron chi connectivity index (χ1n) is 7.19. The predicted octanol–water partition coefficient (Wildman–Crippen LogP) is 1.50. The van der Waals surface area contributed by atoms with Crippen LogP contribution in [0.5, 0.6) is 5.75 Å². The smallest absolute Gasteiger partial charge is 0.337 e. The summed E-state index contributed by atoms with van der Waals surface area (Å²) in [6.45, 7) is 1.44. The number of benzene rings is 1. The van der Waals surface area contributed by atoms with Gasteiger partial charge in [0, 0.05) is 25.0 Å². The maximum atomic E-state index is 11.9. The van der Waals surface area contributed by atoms with Gasteiger partial charge in [-0.2, -0.15) is 0 Å². The molecular weight excluding hydrogens is 312 g/mol. The number of carbonyl (C=O) groups is 2. The Kier molecular flexibility index (Phi) is 5.36. The fourth-order valence-corrected chi connectivity index (χ4v) is 2.02. The van der Waals surface area contributed by atoms with Crippen molar-refractivity contribution in [1.29, 1.82) is 0 Å². The van der Waals surface area contributed by atoms with Crippen molar-refractivity contribution >= 4 is 17.6 Å². The third kappa shape index (κ3) is 4.01. The number of esters is 1. The average molecular weight is 330 g/mol. The van der Waals surface area contributed by atoms with Crippen molar-refractivity contribution in [3.63, 3.8) is 0 Å². The maximum absolute atomic E-state index is 11.9. The van der Waals surface area contributed by atoms with E-state index >= 15 is 0 Å². The first-order valence-corrected chi connectivity index (χ1v) is 7.19. The number of nitrogens with one attached hydrogen (secondary N) is 1. The second-order valence-corrected chi connectivity index (χ2v) is 5.11. The molecule has 1 aromatic heterocycles. The number of hydrogen-bond acceptors (Lipinski definition) is 5. The van der Waals surface area contributed by atoms with Gasteiger partial charge in [0.05, 0.1) is 18.4 Å². The van der Waals surface area contributed by atoms with Crippen molar-refractivity contribution < 1.29 is 19.1 Å². The molecule has 1 N–H and O–H groups in total. The van der Waals surface area contributed by atoms with Crippen molar-refractivity contribution in [2.24, 2.45) is 7.05 Å². The third-order valence-corrected chi connectivity index (χ3v) is 3.47. The van der Waals surface area contributed by atoms with Crippen LogP contribution in [-0.2, 0) is 16.6 Å². The van der Waals surface area contributed by atoms with Crippen LogP contribution in [0.1, 0.15) is 16.1 Å². The predicted molar refractivity (Wildman–Crippen MR) is 88.3 cm³/mol. The molecule has 7 heteroatoms. The Morgan fingerprint density at radius 2 is 1.83 bits per heavy atom. The fourth-order valence-electron chi connectivity index (χ4n) is 2.02. The highest BCUT2D eigenvalue weighted by atomic mass is 16.5. The Bertz CT molecular complexity index is 809. The zero-order valence-electron chi connectivity index (χ0n) is 13.7. The number of aryl methyl sites for hydroxylation is 1. The summed E-state index contributed by atoms with van der Waals surface area (Å²) in [6.07, 6.45) is 1.63. The van der Waals surface area contributed by atoms with Crippen LogP contribution < -0.4 is 15.5 Å². The van der Waals surface area contributed by atoms with E-state index in [1.807, 2.05) is 0 Å². The number of nitrogens with zero attached hydrogens (tertiary/aromatic N) is 1. The van der Waals surface area contributed by atoms with Crippen LogP contribution >= 0.6 is 0 Å². The summed E-state index contributed by atoms with van der Waals surface area (Å²) in [7, 11) is 3.08. The van der Waals surface area contributed by atoms with Crippen molar-refractivity contribution in [1.82, 2.24) is 4.57 Å². The largest absolute Gasteiger partial charge is 0.478 e. The Hall–Kier alpha value is -3.09. The van der Waals surface area contributed by atoms with Gasteiger partial charge < -0.3 is 19.4 Å². The van der Waals surface area contributed by atoms with E-state index in [4.69, 9.17) is 4.74 Å². The van der Waals surface area contributed by atoms with E-state index < -0.39 is 11.9 Å². The zero-order valence-corrected chi connectivity index (χ0v) is 13.7. The van der Waals surface area contributed by atoms with Crippen LogP contribution in [0.2, 0.25) is 0 Å². The van der Waals surface area contributed by atoms with Gasteiger partial charge in [0.15, 0.2) is 12.4 Å². The molecule has 0 unspecified atom stereocenters. The molecule has 0 aliphatic carbocycles. The summed E-state index contributed by atoms with van der Waals surface area (Å²) >= 11 is 0. The molecule has 0 aliphatic rings. The van der Waals surface area contributed by atoms with Crippen LogP contribution in [-0.4, -0.2) is 30.2 Å². The lowest BCUT2D eigenvalue weighted by Crippen LogP contribution is -2.23. The fraction of sp³-hybridized carbons (Fsp3) is 0.235. The minimum absolute atomic E-state index is 0.149. The number of amides is 1. The molecule has 0 fully saturated rings. The van der Waals surface area contributed by atoms with Crippen molar-refractivity contribution in [3.05, 3.63) is 58.0 Å². The lowest BCUT2D eigenvalue weighted by atomic mass is 10.2. The highest BCUT2D eigenvalue weighted by Crippen LogP contribution is 2.12.